The van der Waals surface area contributed by atoms with E-state index in [1.165, 1.54) is 13.8 Å². The van der Waals surface area contributed by atoms with Gasteiger partial charge in [0, 0.05) is 19.8 Å². The first-order chi connectivity index (χ1) is 28.3. The van der Waals surface area contributed by atoms with Gasteiger partial charge in [-0.25, -0.2) is 0 Å². The predicted molar refractivity (Wildman–Crippen MR) is 213 cm³/mol. The van der Waals surface area contributed by atoms with Crippen LogP contribution in [0.2, 0.25) is 0 Å². The summed E-state index contributed by atoms with van der Waals surface area (Å²) < 4.78 is 43.6. The average Bonchev–Trinajstić information content (AvgIpc) is 3.52. The quantitative estimate of drug-likeness (QED) is 0.129. The van der Waals surface area contributed by atoms with E-state index in [1.54, 1.807) is 13.8 Å². The molecule has 8 aliphatic rings. The fourth-order valence-electron chi connectivity index (χ4n) is 15.5. The van der Waals surface area contributed by atoms with Crippen LogP contribution in [0.4, 0.5) is 0 Å². The molecule has 61 heavy (non-hydrogen) atoms. The summed E-state index contributed by atoms with van der Waals surface area (Å²) in [6, 6.07) is 0. The Labute approximate surface area is 358 Å². The van der Waals surface area contributed by atoms with E-state index in [4.69, 9.17) is 33.2 Å². The summed E-state index contributed by atoms with van der Waals surface area (Å²) in [6.07, 6.45) is -7.80. The van der Waals surface area contributed by atoms with Crippen LogP contribution in [0.1, 0.15) is 120 Å². The van der Waals surface area contributed by atoms with Crippen molar-refractivity contribution in [1.82, 2.24) is 0 Å². The molecule has 16 nitrogen and oxygen atoms in total. The predicted octanol–water partition coefficient (Wildman–Crippen LogP) is 1.87. The molecule has 0 amide bonds. The number of esters is 2. The van der Waals surface area contributed by atoms with Gasteiger partial charge in [-0.2, -0.15) is 0 Å². The van der Waals surface area contributed by atoms with Crippen LogP contribution in [0.25, 0.3) is 0 Å². The molecule has 5 saturated carbocycles. The normalized spacial score (nSPS) is 53.8. The zero-order valence-electron chi connectivity index (χ0n) is 37.3. The Bertz CT molecular complexity index is 1680. The maximum Gasteiger partial charge on any atom is 0.303 e. The molecule has 0 bridgehead atoms. The number of rotatable bonds is 9. The van der Waals surface area contributed by atoms with Crippen LogP contribution in [0.3, 0.4) is 0 Å². The number of aliphatic hydroxyl groups excluding tert-OH is 6. The summed E-state index contributed by atoms with van der Waals surface area (Å²) in [5.41, 5.74) is -3.46. The van der Waals surface area contributed by atoms with Crippen molar-refractivity contribution in [3.05, 3.63) is 0 Å². The van der Waals surface area contributed by atoms with Gasteiger partial charge >= 0.3 is 11.9 Å². The van der Waals surface area contributed by atoms with Gasteiger partial charge < -0.3 is 68.9 Å². The lowest BCUT2D eigenvalue weighted by atomic mass is 9.41. The zero-order valence-corrected chi connectivity index (χ0v) is 37.3. The van der Waals surface area contributed by atoms with Crippen molar-refractivity contribution in [3.8, 4) is 0 Å². The van der Waals surface area contributed by atoms with Crippen LogP contribution < -0.4 is 0 Å². The molecule has 0 aromatic heterocycles. The molecule has 0 unspecified atom stereocenters. The first-order valence-corrected chi connectivity index (χ1v) is 22.6. The largest absolute Gasteiger partial charge is 0.455 e. The lowest BCUT2D eigenvalue weighted by Gasteiger charge is -2.65. The number of aliphatic hydroxyl groups is 7. The van der Waals surface area contributed by atoms with E-state index in [2.05, 4.69) is 34.6 Å². The summed E-state index contributed by atoms with van der Waals surface area (Å²) in [7, 11) is 0. The van der Waals surface area contributed by atoms with E-state index < -0.39 is 109 Å². The van der Waals surface area contributed by atoms with Gasteiger partial charge in [0.05, 0.1) is 48.8 Å². The van der Waals surface area contributed by atoms with Crippen molar-refractivity contribution in [3.63, 3.8) is 0 Å². The summed E-state index contributed by atoms with van der Waals surface area (Å²) in [5.74, 6) is -1.67. The van der Waals surface area contributed by atoms with E-state index in [9.17, 15) is 45.3 Å². The van der Waals surface area contributed by atoms with Crippen LogP contribution >= 0.6 is 0 Å². The number of ether oxygens (including phenoxy) is 7. The van der Waals surface area contributed by atoms with Gasteiger partial charge in [0.15, 0.2) is 24.8 Å². The highest BCUT2D eigenvalue weighted by Crippen LogP contribution is 2.89. The van der Waals surface area contributed by atoms with Crippen LogP contribution in [-0.4, -0.2) is 152 Å². The number of carbonyl (C=O) groups excluding carboxylic acids is 2. The molecular weight excluding hydrogens is 796 g/mol. The van der Waals surface area contributed by atoms with E-state index in [0.29, 0.717) is 25.7 Å². The monoisotopic (exact) mass is 868 g/mol. The van der Waals surface area contributed by atoms with Crippen LogP contribution in [-0.2, 0) is 42.7 Å². The fourth-order valence-corrected chi connectivity index (χ4v) is 15.5. The molecule has 21 atom stereocenters. The molecule has 0 aromatic carbocycles. The molecule has 0 radical (unpaired) electrons. The van der Waals surface area contributed by atoms with Gasteiger partial charge in [-0.1, -0.05) is 27.7 Å². The number of fused-ring (bicyclic) bond motifs is 2. The Morgan fingerprint density at radius 3 is 2.05 bits per heavy atom. The van der Waals surface area contributed by atoms with Gasteiger partial charge in [-0.3, -0.25) is 9.59 Å². The lowest BCUT2D eigenvalue weighted by molar-refractivity contribution is -0.339. The highest BCUT2D eigenvalue weighted by Gasteiger charge is 2.85. The highest BCUT2D eigenvalue weighted by atomic mass is 16.7. The minimum absolute atomic E-state index is 0.0638. The van der Waals surface area contributed by atoms with Gasteiger partial charge in [0.2, 0.25) is 0 Å². The van der Waals surface area contributed by atoms with Gasteiger partial charge in [0.25, 0.3) is 0 Å². The molecule has 7 N–H and O–H groups in total. The Hall–Kier alpha value is -1.54. The van der Waals surface area contributed by atoms with Crippen molar-refractivity contribution >= 4 is 11.9 Å². The molecule has 348 valence electrons. The Morgan fingerprint density at radius 2 is 1.43 bits per heavy atom. The molecule has 8 fully saturated rings. The highest BCUT2D eigenvalue weighted by molar-refractivity contribution is 5.67. The second-order valence-corrected chi connectivity index (χ2v) is 22.2. The van der Waals surface area contributed by atoms with Crippen LogP contribution in [0.5, 0.6) is 0 Å². The van der Waals surface area contributed by atoms with Crippen molar-refractivity contribution in [2.45, 2.75) is 211 Å². The number of hydrogen-bond donors (Lipinski definition) is 7. The molecule has 3 aliphatic heterocycles. The summed E-state index contributed by atoms with van der Waals surface area (Å²) >= 11 is 0. The number of carbonyl (C=O) groups is 2. The van der Waals surface area contributed by atoms with E-state index in [1.807, 2.05) is 0 Å². The molecule has 0 aromatic rings. The minimum atomic E-state index is -1.63. The van der Waals surface area contributed by atoms with Crippen molar-refractivity contribution < 1.29 is 78.5 Å². The molecule has 16 heteroatoms. The lowest BCUT2D eigenvalue weighted by Crippen LogP contribution is -2.65. The maximum atomic E-state index is 12.4. The molecule has 3 heterocycles. The molecule has 3 saturated heterocycles. The number of hydrogen-bond acceptors (Lipinski definition) is 16. The first kappa shape index (κ1) is 46.0. The second kappa shape index (κ2) is 15.3. The van der Waals surface area contributed by atoms with Gasteiger partial charge in [-0.15, -0.1) is 0 Å². The van der Waals surface area contributed by atoms with E-state index >= 15 is 0 Å². The maximum absolute atomic E-state index is 12.4. The van der Waals surface area contributed by atoms with Crippen molar-refractivity contribution in [2.75, 3.05) is 13.2 Å². The standard InChI is InChI=1S/C45H72O16/c1-21(47)56-33-24(50)19-55-38(34(33)57-22(2)48)60-28-11-13-45-20-44(45)15-14-41(7)35(43(9)12-10-29(61-43)40(5,6)54)23(49)17-42(41,8)27(44)16-25(36(45)39(28,3)4)58-37-32(53)31(52)30(51)26(18-46)59-37/h23-38,46,49-54H,10-20H2,1-9H3/t23-,24+,25-,26+,27-,28-,29+,30+,31-,32+,33-,34+,35-,36-,37+,38-,41+,42-,43+,44-,45+/m0/s1. The van der Waals surface area contributed by atoms with E-state index in [-0.39, 0.29) is 52.1 Å². The fraction of sp³-hybridized carbons (Fsp3) is 0.956. The zero-order chi connectivity index (χ0) is 44.6. The molecule has 8 rings (SSSR count). The third kappa shape index (κ3) is 6.89. The Balaban J connectivity index is 1.15. The third-order valence-corrected chi connectivity index (χ3v) is 18.2. The first-order valence-electron chi connectivity index (χ1n) is 22.6. The second-order valence-electron chi connectivity index (χ2n) is 22.2. The Kier molecular flexibility index (Phi) is 11.5. The smallest absolute Gasteiger partial charge is 0.303 e. The summed E-state index contributed by atoms with van der Waals surface area (Å²) in [5, 5.41) is 77.1. The summed E-state index contributed by atoms with van der Waals surface area (Å²) in [6.45, 7) is 16.1. The van der Waals surface area contributed by atoms with E-state index in [0.717, 1.165) is 32.1 Å². The molecule has 5 aliphatic carbocycles. The molecular formula is C45H72O16. The average molecular weight is 869 g/mol. The van der Waals surface area contributed by atoms with Crippen molar-refractivity contribution in [1.29, 1.82) is 0 Å². The topological polar surface area (TPSA) is 240 Å². The minimum Gasteiger partial charge on any atom is -0.455 e. The van der Waals surface area contributed by atoms with Gasteiger partial charge in [-0.05, 0) is 117 Å². The Morgan fingerprint density at radius 1 is 0.754 bits per heavy atom. The van der Waals surface area contributed by atoms with Crippen molar-refractivity contribution in [2.24, 2.45) is 44.8 Å². The molecule has 2 spiro atoms. The SMILES string of the molecule is CC(=O)O[C@@H]1[C@@H](OC(C)=O)[C@H](O[C@H]2CC[C@]34C[C@]35CC[C@]3(C)[C@@H]([C@@]6(C)CC[C@H](C(C)(C)O)O6)[C@@H](O)C[C@@]3(C)[C@@H]5C[C@H](O[C@@H]3O[C@H](CO)[C@@H](O)[C@H](O)[C@H]3O)[C@H]4C2(C)C)OC[C@H]1O. The van der Waals surface area contributed by atoms with Crippen LogP contribution in [0.15, 0.2) is 0 Å². The van der Waals surface area contributed by atoms with Crippen LogP contribution in [0, 0.1) is 44.8 Å². The van der Waals surface area contributed by atoms with Gasteiger partial charge in [0.1, 0.15) is 30.5 Å². The summed E-state index contributed by atoms with van der Waals surface area (Å²) in [4.78, 5) is 24.5. The third-order valence-electron chi connectivity index (χ3n) is 18.2.